The predicted molar refractivity (Wildman–Crippen MR) is 148 cm³/mol. The Bertz CT molecular complexity index is 1680. The van der Waals surface area contributed by atoms with E-state index in [1.807, 2.05) is 36.4 Å². The number of aliphatic hydroxyl groups excluding tert-OH is 2. The third kappa shape index (κ3) is 4.06. The van der Waals surface area contributed by atoms with Crippen LogP contribution >= 0.6 is 0 Å². The first-order valence-electron chi connectivity index (χ1n) is 13.2. The zero-order valence-corrected chi connectivity index (χ0v) is 21.8. The smallest absolute Gasteiger partial charge is 0.255 e. The maximum absolute atomic E-state index is 13.7. The Hall–Kier alpha value is -4.96. The number of aromatic nitrogens is 1. The van der Waals surface area contributed by atoms with Gasteiger partial charge in [-0.3, -0.25) is 19.4 Å². The Kier molecular flexibility index (Phi) is 6.15. The lowest BCUT2D eigenvalue weighted by atomic mass is 9.59. The molecule has 1 heterocycles. The van der Waals surface area contributed by atoms with Crippen molar-refractivity contribution in [3.8, 4) is 16.9 Å². The van der Waals surface area contributed by atoms with Crippen LogP contribution in [0.4, 0.5) is 5.69 Å². The number of aromatic hydroxyl groups is 1. The van der Waals surface area contributed by atoms with Crippen LogP contribution in [0, 0.1) is 11.8 Å². The molecule has 3 aromatic rings. The van der Waals surface area contributed by atoms with Crippen LogP contribution in [0.1, 0.15) is 29.5 Å². The Balaban J connectivity index is 1.37. The van der Waals surface area contributed by atoms with E-state index in [1.54, 1.807) is 18.5 Å². The average Bonchev–Trinajstić information content (AvgIpc) is 2.95. The number of hydrogen-bond donors (Lipinski definition) is 6. The van der Waals surface area contributed by atoms with Gasteiger partial charge in [0.15, 0.2) is 11.4 Å². The Morgan fingerprint density at radius 1 is 1.05 bits per heavy atom. The van der Waals surface area contributed by atoms with Crippen molar-refractivity contribution in [3.05, 3.63) is 94.5 Å². The molecule has 3 aliphatic carbocycles. The second-order valence-electron chi connectivity index (χ2n) is 10.7. The summed E-state index contributed by atoms with van der Waals surface area (Å²) in [6.07, 6.45) is 3.40. The number of anilines is 1. The molecule has 10 heteroatoms. The molecule has 1 saturated carbocycles. The summed E-state index contributed by atoms with van der Waals surface area (Å²) >= 11 is 0. The van der Waals surface area contributed by atoms with Gasteiger partial charge >= 0.3 is 0 Å². The number of nitrogens with one attached hydrogen (secondary N) is 1. The number of carbonyl (C=O) groups excluding carboxylic acids is 3. The number of pyridine rings is 1. The number of nitrogens with zero attached hydrogens (tertiary/aromatic N) is 1. The standard InChI is InChI=1S/C31H27N3O7/c32-30(40)26-23(36)12-18-10-17-11-21-20(16-5-3-15(4-6-16)13-34-19-2-1-9-33-14-19)7-8-22(35)25(21)27(37)24(17)28(38)31(18,41)29(26)39/h1-9,14,17-18,34-35,37,39,41H,10-13H2,(H2,32,40). The number of nitrogens with two attached hydrogens (primary N) is 1. The van der Waals surface area contributed by atoms with Crippen LogP contribution in [0.5, 0.6) is 5.75 Å². The largest absolute Gasteiger partial charge is 0.508 e. The van der Waals surface area contributed by atoms with Gasteiger partial charge < -0.3 is 31.5 Å². The van der Waals surface area contributed by atoms with Crippen molar-refractivity contribution in [2.75, 3.05) is 5.32 Å². The number of primary amides is 1. The quantitative estimate of drug-likeness (QED) is 0.259. The second-order valence-corrected chi connectivity index (χ2v) is 10.7. The van der Waals surface area contributed by atoms with Gasteiger partial charge in [0.25, 0.3) is 5.91 Å². The summed E-state index contributed by atoms with van der Waals surface area (Å²) in [5.41, 5.74) is 5.88. The first-order valence-corrected chi connectivity index (χ1v) is 13.2. The summed E-state index contributed by atoms with van der Waals surface area (Å²) in [4.78, 5) is 42.1. The van der Waals surface area contributed by atoms with E-state index in [0.29, 0.717) is 12.1 Å². The highest BCUT2D eigenvalue weighted by Gasteiger charge is 2.60. The number of amides is 1. The molecule has 1 aromatic heterocycles. The van der Waals surface area contributed by atoms with Crippen LogP contribution in [0.2, 0.25) is 0 Å². The SMILES string of the molecule is NC(=O)C1=C(O)C2(O)C(=O)C3=C(O)c4c(O)ccc(-c5ccc(CNc6cccnc6)cc5)c4CC3CC2CC1=O. The fourth-order valence-corrected chi connectivity index (χ4v) is 6.37. The van der Waals surface area contributed by atoms with Gasteiger partial charge in [-0.05, 0) is 59.2 Å². The van der Waals surface area contributed by atoms with Crippen molar-refractivity contribution in [1.82, 2.24) is 4.98 Å². The van der Waals surface area contributed by atoms with Crippen LogP contribution in [-0.4, -0.2) is 48.5 Å². The first kappa shape index (κ1) is 26.3. The number of rotatable bonds is 5. The molecule has 0 saturated heterocycles. The Labute approximate surface area is 234 Å². The lowest BCUT2D eigenvalue weighted by molar-refractivity contribution is -0.147. The number of carbonyl (C=O) groups is 3. The molecule has 0 radical (unpaired) electrons. The molecule has 0 aliphatic heterocycles. The highest BCUT2D eigenvalue weighted by atomic mass is 16.3. The van der Waals surface area contributed by atoms with E-state index < -0.39 is 52.0 Å². The Morgan fingerprint density at radius 3 is 2.49 bits per heavy atom. The molecule has 0 spiro atoms. The lowest BCUT2D eigenvalue weighted by Gasteiger charge is -2.46. The van der Waals surface area contributed by atoms with Crippen molar-refractivity contribution in [2.24, 2.45) is 17.6 Å². The molecule has 6 rings (SSSR count). The summed E-state index contributed by atoms with van der Waals surface area (Å²) < 4.78 is 0. The summed E-state index contributed by atoms with van der Waals surface area (Å²) in [5.74, 6) is -6.46. The lowest BCUT2D eigenvalue weighted by Crippen LogP contribution is -2.58. The highest BCUT2D eigenvalue weighted by molar-refractivity contribution is 6.22. The van der Waals surface area contributed by atoms with Gasteiger partial charge in [-0.1, -0.05) is 30.3 Å². The van der Waals surface area contributed by atoms with Gasteiger partial charge in [-0.2, -0.15) is 0 Å². The van der Waals surface area contributed by atoms with Gasteiger partial charge in [-0.15, -0.1) is 0 Å². The van der Waals surface area contributed by atoms with Crippen molar-refractivity contribution >= 4 is 28.9 Å². The number of ketones is 2. The molecule has 3 aliphatic rings. The molecular formula is C31H27N3O7. The zero-order chi connectivity index (χ0) is 29.1. The van der Waals surface area contributed by atoms with Gasteiger partial charge in [0.1, 0.15) is 22.8 Å². The molecule has 41 heavy (non-hydrogen) atoms. The summed E-state index contributed by atoms with van der Waals surface area (Å²) in [6.45, 7) is 0.582. The third-order valence-corrected chi connectivity index (χ3v) is 8.37. The number of phenolic OH excluding ortho intramolecular Hbond substituents is 1. The van der Waals surface area contributed by atoms with E-state index >= 15 is 0 Å². The van der Waals surface area contributed by atoms with Crippen molar-refractivity contribution < 1.29 is 34.8 Å². The van der Waals surface area contributed by atoms with E-state index in [4.69, 9.17) is 5.73 Å². The normalized spacial score (nSPS) is 23.5. The molecule has 1 fully saturated rings. The summed E-state index contributed by atoms with van der Waals surface area (Å²) in [7, 11) is 0. The van der Waals surface area contributed by atoms with Crippen LogP contribution in [0.25, 0.3) is 16.9 Å². The molecule has 208 valence electrons. The van der Waals surface area contributed by atoms with Crippen LogP contribution in [0.3, 0.4) is 0 Å². The van der Waals surface area contributed by atoms with E-state index in [2.05, 4.69) is 10.3 Å². The molecule has 7 N–H and O–H groups in total. The average molecular weight is 554 g/mol. The number of benzene rings is 2. The maximum atomic E-state index is 13.7. The summed E-state index contributed by atoms with van der Waals surface area (Å²) in [6, 6.07) is 14.7. The highest BCUT2D eigenvalue weighted by Crippen LogP contribution is 2.53. The molecule has 3 atom stereocenters. The number of aliphatic hydroxyl groups is 3. The maximum Gasteiger partial charge on any atom is 0.255 e. The molecule has 1 amide bonds. The Morgan fingerprint density at radius 2 is 1.80 bits per heavy atom. The van der Waals surface area contributed by atoms with Crippen molar-refractivity contribution in [1.29, 1.82) is 0 Å². The summed E-state index contributed by atoms with van der Waals surface area (Å²) in [5, 5.41) is 47.5. The minimum Gasteiger partial charge on any atom is -0.508 e. The number of phenols is 1. The number of Topliss-reactive ketones (excluding diaryl/α,β-unsaturated/α-hetero) is 2. The van der Waals surface area contributed by atoms with Gasteiger partial charge in [0.05, 0.1) is 11.3 Å². The molecule has 0 bridgehead atoms. The van der Waals surface area contributed by atoms with Crippen LogP contribution in [-0.2, 0) is 27.3 Å². The monoisotopic (exact) mass is 553 g/mol. The minimum atomic E-state index is -2.58. The van der Waals surface area contributed by atoms with Crippen molar-refractivity contribution in [2.45, 2.75) is 31.4 Å². The van der Waals surface area contributed by atoms with E-state index in [1.165, 1.54) is 6.07 Å². The van der Waals surface area contributed by atoms with Gasteiger partial charge in [0, 0.05) is 36.9 Å². The van der Waals surface area contributed by atoms with Crippen LogP contribution in [0.15, 0.2) is 77.8 Å². The fourth-order valence-electron chi connectivity index (χ4n) is 6.37. The predicted octanol–water partition coefficient (Wildman–Crippen LogP) is 3.10. The number of fused-ring (bicyclic) bond motifs is 3. The molecule has 10 nitrogen and oxygen atoms in total. The minimum absolute atomic E-state index is 0.0666. The zero-order valence-electron chi connectivity index (χ0n) is 21.8. The number of hydrogen-bond acceptors (Lipinski definition) is 9. The topological polar surface area (TPSA) is 183 Å². The fraction of sp³-hybridized carbons (Fsp3) is 0.226. The van der Waals surface area contributed by atoms with E-state index in [9.17, 15) is 34.8 Å². The molecule has 3 unspecified atom stereocenters. The molecular weight excluding hydrogens is 526 g/mol. The van der Waals surface area contributed by atoms with Crippen LogP contribution < -0.4 is 11.1 Å². The first-order chi connectivity index (χ1) is 19.6. The van der Waals surface area contributed by atoms with E-state index in [-0.39, 0.29) is 36.1 Å². The van der Waals surface area contributed by atoms with Gasteiger partial charge in [0.2, 0.25) is 5.78 Å². The van der Waals surface area contributed by atoms with Gasteiger partial charge in [-0.25, -0.2) is 0 Å². The second kappa shape index (κ2) is 9.60. The third-order valence-electron chi connectivity index (χ3n) is 8.37. The van der Waals surface area contributed by atoms with Crippen molar-refractivity contribution in [3.63, 3.8) is 0 Å². The molecule has 2 aromatic carbocycles. The van der Waals surface area contributed by atoms with E-state index in [0.717, 1.165) is 22.4 Å².